The van der Waals surface area contributed by atoms with Gasteiger partial charge in [-0.3, -0.25) is 29.3 Å². The van der Waals surface area contributed by atoms with Gasteiger partial charge < -0.3 is 15.0 Å². The maximum atomic E-state index is 12.7. The Balaban J connectivity index is 1.74. The van der Waals surface area contributed by atoms with Gasteiger partial charge >= 0.3 is 5.97 Å². The van der Waals surface area contributed by atoms with Crippen LogP contribution in [-0.4, -0.2) is 47.6 Å². The molecule has 2 aliphatic heterocycles. The van der Waals surface area contributed by atoms with Gasteiger partial charge in [0, 0.05) is 36.2 Å². The number of imide groups is 1. The van der Waals surface area contributed by atoms with Crippen LogP contribution in [0.2, 0.25) is 0 Å². The monoisotopic (exact) mass is 373 g/mol. The van der Waals surface area contributed by atoms with E-state index in [1.165, 1.54) is 12.0 Å². The topological polar surface area (TPSA) is 122 Å². The number of carbonyl (C=O) groups is 5. The fourth-order valence-corrected chi connectivity index (χ4v) is 3.23. The summed E-state index contributed by atoms with van der Waals surface area (Å²) in [6.45, 7) is 0.161. The van der Waals surface area contributed by atoms with Crippen molar-refractivity contribution in [2.75, 3.05) is 12.4 Å². The maximum absolute atomic E-state index is 12.7. The van der Waals surface area contributed by atoms with Crippen molar-refractivity contribution in [1.29, 1.82) is 0 Å². The summed E-state index contributed by atoms with van der Waals surface area (Å²) >= 11 is 0. The molecule has 0 bridgehead atoms. The van der Waals surface area contributed by atoms with Gasteiger partial charge in [-0.1, -0.05) is 6.07 Å². The zero-order valence-electron chi connectivity index (χ0n) is 14.7. The van der Waals surface area contributed by atoms with Crippen molar-refractivity contribution in [2.24, 2.45) is 0 Å². The van der Waals surface area contributed by atoms with E-state index in [0.717, 1.165) is 0 Å². The Morgan fingerprint density at radius 2 is 2.04 bits per heavy atom. The van der Waals surface area contributed by atoms with Gasteiger partial charge in [-0.15, -0.1) is 0 Å². The molecular weight excluding hydrogens is 354 g/mol. The van der Waals surface area contributed by atoms with E-state index in [-0.39, 0.29) is 49.9 Å². The number of fused-ring (bicyclic) bond motifs is 1. The minimum atomic E-state index is -0.717. The third-order valence-electron chi connectivity index (χ3n) is 4.64. The molecule has 1 atom stereocenters. The number of benzene rings is 1. The predicted molar refractivity (Wildman–Crippen MR) is 92.4 cm³/mol. The first kappa shape index (κ1) is 18.6. The summed E-state index contributed by atoms with van der Waals surface area (Å²) in [5, 5.41) is 4.95. The third-order valence-corrected chi connectivity index (χ3v) is 4.64. The molecule has 9 heteroatoms. The summed E-state index contributed by atoms with van der Waals surface area (Å²) in [6.07, 6.45) is 0.360. The third kappa shape index (κ3) is 3.81. The second-order valence-electron chi connectivity index (χ2n) is 6.36. The minimum Gasteiger partial charge on any atom is -0.469 e. The Morgan fingerprint density at radius 3 is 2.74 bits per heavy atom. The number of anilines is 1. The van der Waals surface area contributed by atoms with Gasteiger partial charge in [0.05, 0.1) is 13.5 Å². The highest BCUT2D eigenvalue weighted by atomic mass is 16.5. The van der Waals surface area contributed by atoms with E-state index in [4.69, 9.17) is 0 Å². The van der Waals surface area contributed by atoms with Crippen molar-refractivity contribution < 1.29 is 28.7 Å². The van der Waals surface area contributed by atoms with E-state index < -0.39 is 17.9 Å². The van der Waals surface area contributed by atoms with Gasteiger partial charge in [0.15, 0.2) is 0 Å². The fourth-order valence-electron chi connectivity index (χ4n) is 3.23. The second-order valence-corrected chi connectivity index (χ2v) is 6.36. The van der Waals surface area contributed by atoms with E-state index in [2.05, 4.69) is 15.4 Å². The van der Waals surface area contributed by atoms with E-state index in [0.29, 0.717) is 16.8 Å². The number of rotatable bonds is 5. The molecule has 0 saturated carbocycles. The first-order chi connectivity index (χ1) is 12.9. The first-order valence-corrected chi connectivity index (χ1v) is 8.54. The lowest BCUT2D eigenvalue weighted by Crippen LogP contribution is -2.52. The highest BCUT2D eigenvalue weighted by molar-refractivity contribution is 6.06. The van der Waals surface area contributed by atoms with E-state index in [1.807, 2.05) is 0 Å². The van der Waals surface area contributed by atoms with Crippen LogP contribution < -0.4 is 10.6 Å². The molecule has 0 spiro atoms. The smallest absolute Gasteiger partial charge is 0.306 e. The highest BCUT2D eigenvalue weighted by Crippen LogP contribution is 2.32. The number of nitrogens with one attached hydrogen (secondary N) is 2. The van der Waals surface area contributed by atoms with Crippen LogP contribution >= 0.6 is 0 Å². The SMILES string of the molecule is COC(=O)CCC(=O)Nc1cccc2c1CN(C1CCC(=O)NC1=O)C2=O. The highest BCUT2D eigenvalue weighted by Gasteiger charge is 2.39. The molecule has 4 amide bonds. The predicted octanol–water partition coefficient (Wildman–Crippen LogP) is 0.339. The van der Waals surface area contributed by atoms with Crippen LogP contribution in [0.1, 0.15) is 41.6 Å². The van der Waals surface area contributed by atoms with Crippen LogP contribution in [0.15, 0.2) is 18.2 Å². The number of ether oxygens (including phenoxy) is 1. The van der Waals surface area contributed by atoms with Crippen molar-refractivity contribution in [2.45, 2.75) is 38.3 Å². The summed E-state index contributed by atoms with van der Waals surface area (Å²) < 4.78 is 4.51. The molecule has 0 radical (unpaired) electrons. The Labute approximate surface area is 155 Å². The summed E-state index contributed by atoms with van der Waals surface area (Å²) in [7, 11) is 1.25. The average Bonchev–Trinajstić information content (AvgIpc) is 2.97. The van der Waals surface area contributed by atoms with Crippen molar-refractivity contribution >= 4 is 35.3 Å². The maximum Gasteiger partial charge on any atom is 0.306 e. The lowest BCUT2D eigenvalue weighted by molar-refractivity contribution is -0.141. The number of esters is 1. The molecule has 2 heterocycles. The lowest BCUT2D eigenvalue weighted by atomic mass is 10.0. The lowest BCUT2D eigenvalue weighted by Gasteiger charge is -2.29. The molecule has 142 valence electrons. The number of nitrogens with zero attached hydrogens (tertiary/aromatic N) is 1. The number of amides is 4. The Hall–Kier alpha value is -3.23. The van der Waals surface area contributed by atoms with Crippen LogP contribution in [0.3, 0.4) is 0 Å². The largest absolute Gasteiger partial charge is 0.469 e. The molecule has 1 aromatic rings. The molecule has 1 unspecified atom stereocenters. The molecule has 3 rings (SSSR count). The van der Waals surface area contributed by atoms with Crippen LogP contribution in [0.5, 0.6) is 0 Å². The van der Waals surface area contributed by atoms with Crippen LogP contribution in [0, 0.1) is 0 Å². The van der Waals surface area contributed by atoms with Gasteiger partial charge in [-0.05, 0) is 18.6 Å². The number of carbonyl (C=O) groups excluding carboxylic acids is 5. The van der Waals surface area contributed by atoms with E-state index in [9.17, 15) is 24.0 Å². The van der Waals surface area contributed by atoms with Crippen LogP contribution in [0.25, 0.3) is 0 Å². The molecule has 2 aliphatic rings. The van der Waals surface area contributed by atoms with Crippen molar-refractivity contribution in [3.05, 3.63) is 29.3 Å². The van der Waals surface area contributed by atoms with Crippen LogP contribution in [0.4, 0.5) is 5.69 Å². The molecule has 0 aliphatic carbocycles. The standard InChI is InChI=1S/C18H19N3O6/c1-27-16(24)8-7-14(22)19-12-4-2-3-10-11(12)9-21(18(10)26)13-5-6-15(23)20-17(13)25/h2-4,13H,5-9H2,1H3,(H,19,22)(H,20,23,25). The van der Waals surface area contributed by atoms with Crippen molar-refractivity contribution in [1.82, 2.24) is 10.2 Å². The summed E-state index contributed by atoms with van der Waals surface area (Å²) in [4.78, 5) is 60.8. The van der Waals surface area contributed by atoms with E-state index in [1.54, 1.807) is 18.2 Å². The van der Waals surface area contributed by atoms with E-state index >= 15 is 0 Å². The van der Waals surface area contributed by atoms with Crippen molar-refractivity contribution in [3.8, 4) is 0 Å². The Bertz CT molecular complexity index is 834. The summed E-state index contributed by atoms with van der Waals surface area (Å²) in [6, 6.07) is 4.22. The Morgan fingerprint density at radius 1 is 1.26 bits per heavy atom. The second kappa shape index (κ2) is 7.56. The van der Waals surface area contributed by atoms with Gasteiger partial charge in [0.25, 0.3) is 5.91 Å². The first-order valence-electron chi connectivity index (χ1n) is 8.54. The molecule has 2 N–H and O–H groups in total. The van der Waals surface area contributed by atoms with Gasteiger partial charge in [0.1, 0.15) is 6.04 Å². The molecule has 1 saturated heterocycles. The molecule has 0 aromatic heterocycles. The van der Waals surface area contributed by atoms with Gasteiger partial charge in [-0.25, -0.2) is 0 Å². The quantitative estimate of drug-likeness (QED) is 0.567. The average molecular weight is 373 g/mol. The number of methoxy groups -OCH3 is 1. The molecule has 1 aromatic carbocycles. The minimum absolute atomic E-state index is 0.0405. The molecule has 1 fully saturated rings. The molecular formula is C18H19N3O6. The van der Waals surface area contributed by atoms with Gasteiger partial charge in [0.2, 0.25) is 17.7 Å². The normalized spacial score (nSPS) is 18.8. The number of hydrogen-bond acceptors (Lipinski definition) is 6. The number of piperidine rings is 1. The Kier molecular flexibility index (Phi) is 5.20. The molecule has 27 heavy (non-hydrogen) atoms. The van der Waals surface area contributed by atoms with Gasteiger partial charge in [-0.2, -0.15) is 0 Å². The molecule has 9 nitrogen and oxygen atoms in total. The van der Waals surface area contributed by atoms with Crippen LogP contribution in [-0.2, 0) is 30.5 Å². The summed E-state index contributed by atoms with van der Waals surface area (Å²) in [5.74, 6) is -2.01. The zero-order valence-corrected chi connectivity index (χ0v) is 14.7. The van der Waals surface area contributed by atoms with Crippen molar-refractivity contribution in [3.63, 3.8) is 0 Å². The number of hydrogen-bond donors (Lipinski definition) is 2. The fraction of sp³-hybridized carbons (Fsp3) is 0.389. The summed E-state index contributed by atoms with van der Waals surface area (Å²) in [5.41, 5.74) is 1.48. The zero-order chi connectivity index (χ0) is 19.6.